The lowest BCUT2D eigenvalue weighted by atomic mass is 9.97. The topological polar surface area (TPSA) is 15.6 Å². The molecule has 0 spiro atoms. The highest BCUT2D eigenvalue weighted by Crippen LogP contribution is 2.34. The zero-order valence-corrected chi connectivity index (χ0v) is 23.3. The largest absolute Gasteiger partial charge is 0.349 e. The maximum atomic E-state index is 5.29. The van der Waals surface area contributed by atoms with Gasteiger partial charge < -0.3 is 4.90 Å². The first-order valence-electron chi connectivity index (χ1n) is 13.8. The van der Waals surface area contributed by atoms with Gasteiger partial charge in [0.15, 0.2) is 0 Å². The standard InChI is InChI=1S/C37H36N2/c1-5-10-33(11-6-2)36-26-35(32-22-18-30(19-23-32)28-12-8-7-9-13-28)38-37(39(36)4)34-24-20-31(21-25-34)29-16-14-27(3)15-17-29/h5,7-26,37H,6H2,1-4H3/b10-5-,33-11+. The summed E-state index contributed by atoms with van der Waals surface area (Å²) in [5.41, 5.74) is 11.8. The van der Waals surface area contributed by atoms with Gasteiger partial charge in [0, 0.05) is 12.7 Å². The fraction of sp³-hybridized carbons (Fsp3) is 0.162. The second-order valence-electron chi connectivity index (χ2n) is 10.0. The summed E-state index contributed by atoms with van der Waals surface area (Å²) in [4.78, 5) is 7.58. The number of rotatable bonds is 7. The van der Waals surface area contributed by atoms with Crippen molar-refractivity contribution >= 4 is 5.71 Å². The van der Waals surface area contributed by atoms with Crippen LogP contribution in [0.3, 0.4) is 0 Å². The summed E-state index contributed by atoms with van der Waals surface area (Å²) in [6.45, 7) is 6.38. The first-order valence-corrected chi connectivity index (χ1v) is 13.8. The number of benzene rings is 4. The Bertz CT molecular complexity index is 1520. The molecule has 0 bridgehead atoms. The predicted octanol–water partition coefficient (Wildman–Crippen LogP) is 9.56. The molecule has 0 aromatic heterocycles. The highest BCUT2D eigenvalue weighted by molar-refractivity contribution is 6.10. The summed E-state index contributed by atoms with van der Waals surface area (Å²) < 4.78 is 0. The molecule has 39 heavy (non-hydrogen) atoms. The van der Waals surface area contributed by atoms with Crippen molar-refractivity contribution in [2.75, 3.05) is 7.05 Å². The first-order chi connectivity index (χ1) is 19.1. The van der Waals surface area contributed by atoms with Crippen LogP contribution in [-0.2, 0) is 0 Å². The summed E-state index contributed by atoms with van der Waals surface area (Å²) in [7, 11) is 2.15. The average molecular weight is 509 g/mol. The molecule has 4 aromatic rings. The highest BCUT2D eigenvalue weighted by atomic mass is 15.2. The third kappa shape index (κ3) is 5.86. The third-order valence-corrected chi connectivity index (χ3v) is 7.23. The maximum absolute atomic E-state index is 5.29. The summed E-state index contributed by atoms with van der Waals surface area (Å²) in [5.74, 6) is 0. The van der Waals surface area contributed by atoms with Crippen LogP contribution >= 0.6 is 0 Å². The van der Waals surface area contributed by atoms with Crippen molar-refractivity contribution in [2.45, 2.75) is 33.4 Å². The Kier molecular flexibility index (Phi) is 8.03. The summed E-state index contributed by atoms with van der Waals surface area (Å²) in [6.07, 6.45) is 9.69. The molecule has 0 N–H and O–H groups in total. The van der Waals surface area contributed by atoms with Gasteiger partial charge >= 0.3 is 0 Å². The van der Waals surface area contributed by atoms with Crippen LogP contribution in [-0.4, -0.2) is 17.7 Å². The number of hydrogen-bond acceptors (Lipinski definition) is 2. The lowest BCUT2D eigenvalue weighted by molar-refractivity contribution is 0.321. The third-order valence-electron chi connectivity index (χ3n) is 7.23. The monoisotopic (exact) mass is 508 g/mol. The highest BCUT2D eigenvalue weighted by Gasteiger charge is 2.25. The molecule has 0 aliphatic carbocycles. The molecule has 1 unspecified atom stereocenters. The smallest absolute Gasteiger partial charge is 0.147 e. The van der Waals surface area contributed by atoms with Gasteiger partial charge in [-0.15, -0.1) is 0 Å². The second-order valence-corrected chi connectivity index (χ2v) is 10.0. The van der Waals surface area contributed by atoms with Gasteiger partial charge in [0.1, 0.15) is 6.17 Å². The molecule has 1 heterocycles. The minimum Gasteiger partial charge on any atom is -0.349 e. The van der Waals surface area contributed by atoms with Crippen LogP contribution in [0.2, 0.25) is 0 Å². The molecule has 0 saturated heterocycles. The number of aryl methyl sites for hydroxylation is 1. The molecule has 1 aliphatic rings. The Morgan fingerprint density at radius 2 is 1.28 bits per heavy atom. The average Bonchev–Trinajstić information content (AvgIpc) is 2.98. The molecule has 1 atom stereocenters. The predicted molar refractivity (Wildman–Crippen MR) is 167 cm³/mol. The van der Waals surface area contributed by atoms with Crippen LogP contribution in [0, 0.1) is 6.92 Å². The van der Waals surface area contributed by atoms with E-state index in [9.17, 15) is 0 Å². The van der Waals surface area contributed by atoms with Crippen LogP contribution in [0.25, 0.3) is 22.3 Å². The van der Waals surface area contributed by atoms with Crippen molar-refractivity contribution in [1.82, 2.24) is 4.90 Å². The van der Waals surface area contributed by atoms with Gasteiger partial charge in [-0.2, -0.15) is 0 Å². The fourth-order valence-electron chi connectivity index (χ4n) is 5.08. The van der Waals surface area contributed by atoms with E-state index in [0.29, 0.717) is 0 Å². The maximum Gasteiger partial charge on any atom is 0.147 e. The van der Waals surface area contributed by atoms with Gasteiger partial charge in [0.2, 0.25) is 0 Å². The zero-order chi connectivity index (χ0) is 27.2. The molecular formula is C37H36N2. The van der Waals surface area contributed by atoms with Crippen molar-refractivity contribution in [3.63, 3.8) is 0 Å². The van der Waals surface area contributed by atoms with Crippen molar-refractivity contribution in [1.29, 1.82) is 0 Å². The molecule has 5 rings (SSSR count). The lowest BCUT2D eigenvalue weighted by Crippen LogP contribution is -2.29. The Morgan fingerprint density at radius 3 is 1.87 bits per heavy atom. The summed E-state index contributed by atoms with van der Waals surface area (Å²) >= 11 is 0. The van der Waals surface area contributed by atoms with E-state index in [-0.39, 0.29) is 6.17 Å². The van der Waals surface area contributed by atoms with Gasteiger partial charge in [-0.1, -0.05) is 134 Å². The number of nitrogens with zero attached hydrogens (tertiary/aromatic N) is 2. The van der Waals surface area contributed by atoms with Gasteiger partial charge in [0.05, 0.1) is 5.71 Å². The number of allylic oxidation sites excluding steroid dienone is 4. The van der Waals surface area contributed by atoms with E-state index in [1.54, 1.807) is 0 Å². The second kappa shape index (κ2) is 12.0. The van der Waals surface area contributed by atoms with Crippen molar-refractivity contribution in [3.05, 3.63) is 155 Å². The molecule has 194 valence electrons. The van der Waals surface area contributed by atoms with Gasteiger partial charge in [-0.05, 0) is 65.3 Å². The van der Waals surface area contributed by atoms with Gasteiger partial charge in [0.25, 0.3) is 0 Å². The van der Waals surface area contributed by atoms with Crippen molar-refractivity contribution < 1.29 is 0 Å². The van der Waals surface area contributed by atoms with Gasteiger partial charge in [-0.3, -0.25) is 4.99 Å². The SMILES string of the molecule is C/C=C\C(=C/CC)C1=CC(c2ccc(-c3ccccc3)cc2)=NC(c2ccc(-c3ccc(C)cc3)cc2)N1C. The summed E-state index contributed by atoms with van der Waals surface area (Å²) in [5, 5.41) is 0. The van der Waals surface area contributed by atoms with E-state index in [1.165, 1.54) is 44.7 Å². The normalized spacial score (nSPS) is 15.8. The molecule has 4 aromatic carbocycles. The molecule has 0 fully saturated rings. The van der Waals surface area contributed by atoms with Gasteiger partial charge in [-0.25, -0.2) is 0 Å². The van der Waals surface area contributed by atoms with Crippen LogP contribution in [0.1, 0.15) is 43.1 Å². The first kappa shape index (κ1) is 26.2. The van der Waals surface area contributed by atoms with E-state index in [4.69, 9.17) is 4.99 Å². The van der Waals surface area contributed by atoms with Crippen LogP contribution in [0.4, 0.5) is 0 Å². The van der Waals surface area contributed by atoms with Crippen LogP contribution in [0.5, 0.6) is 0 Å². The fourth-order valence-corrected chi connectivity index (χ4v) is 5.08. The molecule has 1 aliphatic heterocycles. The van der Waals surface area contributed by atoms with E-state index in [2.05, 4.69) is 160 Å². The number of likely N-dealkylation sites (N-methyl/N-ethyl adjacent to an activating group) is 1. The van der Waals surface area contributed by atoms with Crippen molar-refractivity contribution in [2.24, 2.45) is 4.99 Å². The van der Waals surface area contributed by atoms with Crippen LogP contribution < -0.4 is 0 Å². The molecule has 2 heteroatoms. The molecule has 0 amide bonds. The number of aliphatic imine (C=N–C) groups is 1. The van der Waals surface area contributed by atoms with Crippen LogP contribution in [0.15, 0.2) is 144 Å². The molecule has 0 radical (unpaired) electrons. The zero-order valence-electron chi connectivity index (χ0n) is 23.3. The minimum atomic E-state index is -0.119. The van der Waals surface area contributed by atoms with E-state index in [0.717, 1.165) is 17.7 Å². The Morgan fingerprint density at radius 1 is 0.744 bits per heavy atom. The molecular weight excluding hydrogens is 472 g/mol. The number of hydrogen-bond donors (Lipinski definition) is 0. The minimum absolute atomic E-state index is 0.119. The Hall–Kier alpha value is -4.43. The molecule has 2 nitrogen and oxygen atoms in total. The lowest BCUT2D eigenvalue weighted by Gasteiger charge is -2.34. The Balaban J connectivity index is 1.54. The Labute approximate surface area is 233 Å². The van der Waals surface area contributed by atoms with Crippen molar-refractivity contribution in [3.8, 4) is 22.3 Å². The molecule has 0 saturated carbocycles. The quantitative estimate of drug-likeness (QED) is 0.227. The van der Waals surface area contributed by atoms with E-state index in [1.807, 2.05) is 0 Å². The summed E-state index contributed by atoms with van der Waals surface area (Å²) in [6, 6.07) is 36.8. The van der Waals surface area contributed by atoms with E-state index < -0.39 is 0 Å². The van der Waals surface area contributed by atoms with E-state index >= 15 is 0 Å².